The minimum atomic E-state index is -3.86. The van der Waals surface area contributed by atoms with Gasteiger partial charge in [-0.1, -0.05) is 0 Å². The number of nitro groups is 1. The van der Waals surface area contributed by atoms with Crippen molar-refractivity contribution in [3.05, 3.63) is 40.6 Å². The van der Waals surface area contributed by atoms with Gasteiger partial charge in [0.15, 0.2) is 0 Å². The number of sulfonamides is 1. The summed E-state index contributed by atoms with van der Waals surface area (Å²) in [6.07, 6.45) is 1.39. The quantitative estimate of drug-likeness (QED) is 0.620. The summed E-state index contributed by atoms with van der Waals surface area (Å²) in [4.78, 5) is 14.3. The third kappa shape index (κ3) is 2.99. The van der Waals surface area contributed by atoms with E-state index in [-0.39, 0.29) is 28.0 Å². The molecule has 9 heteroatoms. The molecule has 112 valence electrons. The molecular formula is C12H14N4O4S. The van der Waals surface area contributed by atoms with Crippen LogP contribution < -0.4 is 10.5 Å². The van der Waals surface area contributed by atoms with E-state index in [9.17, 15) is 18.5 Å². The largest absolute Gasteiger partial charge is 0.329 e. The van der Waals surface area contributed by atoms with Gasteiger partial charge in [0.05, 0.1) is 15.8 Å². The number of rotatable bonds is 5. The minimum absolute atomic E-state index is 0.0587. The van der Waals surface area contributed by atoms with Crippen molar-refractivity contribution in [3.8, 4) is 0 Å². The number of benzene rings is 1. The van der Waals surface area contributed by atoms with Gasteiger partial charge in [0.25, 0.3) is 5.69 Å². The van der Waals surface area contributed by atoms with Crippen molar-refractivity contribution in [1.82, 2.24) is 9.71 Å². The number of non-ortho nitro benzene ring substituents is 1. The number of nitrogens with two attached hydrogens (primary N) is 1. The third-order valence-corrected chi connectivity index (χ3v) is 4.53. The van der Waals surface area contributed by atoms with Crippen LogP contribution in [0, 0.1) is 10.1 Å². The van der Waals surface area contributed by atoms with Crippen molar-refractivity contribution in [3.63, 3.8) is 0 Å². The Morgan fingerprint density at radius 1 is 1.43 bits per heavy atom. The van der Waals surface area contributed by atoms with E-state index in [1.54, 1.807) is 6.92 Å². The maximum Gasteiger partial charge on any atom is 0.278 e. The van der Waals surface area contributed by atoms with E-state index in [0.29, 0.717) is 0 Å². The predicted octanol–water partition coefficient (Wildman–Crippen LogP) is 0.769. The van der Waals surface area contributed by atoms with Crippen LogP contribution in [0.15, 0.2) is 35.4 Å². The van der Waals surface area contributed by atoms with Crippen LogP contribution in [-0.4, -0.2) is 30.9 Å². The second kappa shape index (κ2) is 5.72. The fraction of sp³-hybridized carbons (Fsp3) is 0.250. The van der Waals surface area contributed by atoms with Crippen molar-refractivity contribution in [1.29, 1.82) is 0 Å². The summed E-state index contributed by atoms with van der Waals surface area (Å²) in [6.45, 7) is 1.76. The lowest BCUT2D eigenvalue weighted by Crippen LogP contribution is -2.37. The number of hydrogen-bond donors (Lipinski definition) is 2. The zero-order valence-electron chi connectivity index (χ0n) is 11.2. The average molecular weight is 310 g/mol. The molecule has 0 saturated carbocycles. The summed E-state index contributed by atoms with van der Waals surface area (Å²) in [5, 5.41) is 11.2. The fourth-order valence-electron chi connectivity index (χ4n) is 1.88. The number of aromatic nitrogens is 1. The number of pyridine rings is 1. The Hall–Kier alpha value is -2.10. The van der Waals surface area contributed by atoms with Crippen molar-refractivity contribution >= 4 is 26.6 Å². The monoisotopic (exact) mass is 310 g/mol. The van der Waals surface area contributed by atoms with Crippen LogP contribution in [0.25, 0.3) is 10.9 Å². The van der Waals surface area contributed by atoms with Crippen LogP contribution in [0.4, 0.5) is 5.69 Å². The van der Waals surface area contributed by atoms with Gasteiger partial charge in [-0.05, 0) is 25.1 Å². The first-order chi connectivity index (χ1) is 9.86. The highest BCUT2D eigenvalue weighted by molar-refractivity contribution is 7.89. The number of nitrogens with one attached hydrogen (secondary N) is 1. The summed E-state index contributed by atoms with van der Waals surface area (Å²) >= 11 is 0. The number of nitrogens with zero attached hydrogens (tertiary/aromatic N) is 2. The van der Waals surface area contributed by atoms with Crippen molar-refractivity contribution in [2.24, 2.45) is 5.73 Å². The molecule has 0 aliphatic rings. The van der Waals surface area contributed by atoms with E-state index in [1.807, 2.05) is 0 Å². The van der Waals surface area contributed by atoms with E-state index in [0.717, 1.165) is 6.07 Å². The molecule has 0 aliphatic carbocycles. The van der Waals surface area contributed by atoms with E-state index in [4.69, 9.17) is 5.73 Å². The minimum Gasteiger partial charge on any atom is -0.329 e. The molecule has 1 atom stereocenters. The molecule has 2 rings (SSSR count). The highest BCUT2D eigenvalue weighted by atomic mass is 32.2. The lowest BCUT2D eigenvalue weighted by molar-refractivity contribution is -0.383. The van der Waals surface area contributed by atoms with Gasteiger partial charge in [-0.25, -0.2) is 13.1 Å². The van der Waals surface area contributed by atoms with Crippen LogP contribution >= 0.6 is 0 Å². The van der Waals surface area contributed by atoms with Crippen molar-refractivity contribution in [2.75, 3.05) is 6.54 Å². The molecule has 3 N–H and O–H groups in total. The van der Waals surface area contributed by atoms with Gasteiger partial charge < -0.3 is 5.73 Å². The van der Waals surface area contributed by atoms with Gasteiger partial charge in [-0.15, -0.1) is 0 Å². The molecule has 1 aromatic carbocycles. The standard InChI is InChI=1S/C12H14N4O4S/c1-8(7-13)15-21(19,20)11-5-4-10(16(17)18)9-3-2-6-14-12(9)11/h2-6,8,15H,7,13H2,1H3/t8-/m0/s1. The lowest BCUT2D eigenvalue weighted by Gasteiger charge is -2.13. The Kier molecular flexibility index (Phi) is 4.16. The maximum absolute atomic E-state index is 12.3. The molecule has 1 aromatic heterocycles. The molecule has 2 aromatic rings. The molecule has 21 heavy (non-hydrogen) atoms. The van der Waals surface area contributed by atoms with Crippen LogP contribution in [0.3, 0.4) is 0 Å². The molecular weight excluding hydrogens is 296 g/mol. The molecule has 0 fully saturated rings. The van der Waals surface area contributed by atoms with Gasteiger partial charge in [0.2, 0.25) is 10.0 Å². The van der Waals surface area contributed by atoms with Gasteiger partial charge >= 0.3 is 0 Å². The molecule has 0 spiro atoms. The number of nitro benzene ring substituents is 1. The first-order valence-electron chi connectivity index (χ1n) is 6.11. The highest BCUT2D eigenvalue weighted by Crippen LogP contribution is 2.29. The summed E-state index contributed by atoms with van der Waals surface area (Å²) in [6, 6.07) is 4.86. The van der Waals surface area contributed by atoms with E-state index >= 15 is 0 Å². The second-order valence-corrected chi connectivity index (χ2v) is 6.18. The SMILES string of the molecule is C[C@@H](CN)NS(=O)(=O)c1ccc([N+](=O)[O-])c2cccnc12. The Bertz CT molecular complexity index is 791. The number of hydrogen-bond acceptors (Lipinski definition) is 6. The molecule has 0 aliphatic heterocycles. The van der Waals surface area contributed by atoms with E-state index < -0.39 is 21.0 Å². The second-order valence-electron chi connectivity index (χ2n) is 4.50. The Labute approximate surface area is 121 Å². The summed E-state index contributed by atoms with van der Waals surface area (Å²) < 4.78 is 27.0. The zero-order valence-corrected chi connectivity index (χ0v) is 12.0. The molecule has 8 nitrogen and oxygen atoms in total. The van der Waals surface area contributed by atoms with E-state index in [1.165, 1.54) is 24.4 Å². The van der Waals surface area contributed by atoms with Crippen LogP contribution in [0.1, 0.15) is 6.92 Å². The van der Waals surface area contributed by atoms with Crippen molar-refractivity contribution in [2.45, 2.75) is 17.9 Å². The van der Waals surface area contributed by atoms with E-state index in [2.05, 4.69) is 9.71 Å². The van der Waals surface area contributed by atoms with Gasteiger partial charge in [-0.2, -0.15) is 0 Å². The Morgan fingerprint density at radius 2 is 2.14 bits per heavy atom. The van der Waals surface area contributed by atoms with Gasteiger partial charge in [0.1, 0.15) is 4.90 Å². The molecule has 0 saturated heterocycles. The third-order valence-electron chi connectivity index (χ3n) is 2.91. The first-order valence-corrected chi connectivity index (χ1v) is 7.59. The number of fused-ring (bicyclic) bond motifs is 1. The predicted molar refractivity (Wildman–Crippen MR) is 77.2 cm³/mol. The molecule has 0 radical (unpaired) electrons. The molecule has 1 heterocycles. The molecule has 0 amide bonds. The Balaban J connectivity index is 2.67. The van der Waals surface area contributed by atoms with Crippen LogP contribution in [-0.2, 0) is 10.0 Å². The molecule has 0 bridgehead atoms. The fourth-order valence-corrected chi connectivity index (χ4v) is 3.30. The zero-order chi connectivity index (χ0) is 15.6. The summed E-state index contributed by atoms with van der Waals surface area (Å²) in [7, 11) is -3.86. The maximum atomic E-state index is 12.3. The van der Waals surface area contributed by atoms with Gasteiger partial charge in [-0.3, -0.25) is 15.1 Å². The van der Waals surface area contributed by atoms with Crippen LogP contribution in [0.5, 0.6) is 0 Å². The van der Waals surface area contributed by atoms with Crippen molar-refractivity contribution < 1.29 is 13.3 Å². The lowest BCUT2D eigenvalue weighted by atomic mass is 10.2. The van der Waals surface area contributed by atoms with Crippen LogP contribution in [0.2, 0.25) is 0 Å². The van der Waals surface area contributed by atoms with Gasteiger partial charge in [0, 0.05) is 24.8 Å². The summed E-state index contributed by atoms with van der Waals surface area (Å²) in [5.74, 6) is 0. The summed E-state index contributed by atoms with van der Waals surface area (Å²) in [5.41, 5.74) is 5.27. The normalized spacial score (nSPS) is 13.2. The topological polar surface area (TPSA) is 128 Å². The average Bonchev–Trinajstić information content (AvgIpc) is 2.45. The molecule has 0 unspecified atom stereocenters. The smallest absolute Gasteiger partial charge is 0.278 e. The Morgan fingerprint density at radius 3 is 2.76 bits per heavy atom. The first kappa shape index (κ1) is 15.3. The highest BCUT2D eigenvalue weighted by Gasteiger charge is 2.24.